The highest BCUT2D eigenvalue weighted by molar-refractivity contribution is 14.1. The van der Waals surface area contributed by atoms with Crippen LogP contribution in [0, 0.1) is 3.57 Å². The van der Waals surface area contributed by atoms with E-state index in [-0.39, 0.29) is 5.97 Å². The molecular formula is C11H10INO2. The second kappa shape index (κ2) is 4.22. The Bertz CT molecular complexity index is 504. The molecule has 2 rings (SSSR count). The molecule has 78 valence electrons. The summed E-state index contributed by atoms with van der Waals surface area (Å²) >= 11 is 2.23. The third-order valence-electron chi connectivity index (χ3n) is 2.16. The second-order valence-corrected chi connectivity index (χ2v) is 4.25. The molecule has 0 unspecified atom stereocenters. The summed E-state index contributed by atoms with van der Waals surface area (Å²) in [6.07, 6.45) is 1.88. The molecule has 0 aliphatic heterocycles. The van der Waals surface area contributed by atoms with E-state index in [9.17, 15) is 4.79 Å². The molecule has 1 aromatic heterocycles. The zero-order valence-electron chi connectivity index (χ0n) is 8.21. The van der Waals surface area contributed by atoms with E-state index >= 15 is 0 Å². The van der Waals surface area contributed by atoms with Gasteiger partial charge in [0.25, 0.3) is 0 Å². The number of H-pyrrole nitrogens is 1. The number of carbonyl (C=O) groups is 1. The second-order valence-electron chi connectivity index (χ2n) is 3.09. The van der Waals surface area contributed by atoms with Crippen molar-refractivity contribution >= 4 is 39.5 Å². The first-order valence-electron chi connectivity index (χ1n) is 4.66. The molecule has 1 N–H and O–H groups in total. The molecule has 1 heterocycles. The van der Waals surface area contributed by atoms with Gasteiger partial charge in [0, 0.05) is 15.2 Å². The van der Waals surface area contributed by atoms with Crippen LogP contribution in [0.4, 0.5) is 0 Å². The molecule has 0 saturated heterocycles. The Hall–Kier alpha value is -1.04. The van der Waals surface area contributed by atoms with Crippen molar-refractivity contribution in [3.8, 4) is 0 Å². The molecule has 3 nitrogen and oxygen atoms in total. The minimum Gasteiger partial charge on any atom is -0.462 e. The standard InChI is InChI=1S/C11H10INO2/c1-2-15-11(14)8-5-3-4-7-9(12)6-13-10(7)8/h3-6,13H,2H2,1H3. The van der Waals surface area contributed by atoms with Crippen LogP contribution in [0.1, 0.15) is 17.3 Å². The predicted molar refractivity (Wildman–Crippen MR) is 67.0 cm³/mol. The van der Waals surface area contributed by atoms with Gasteiger partial charge in [0.15, 0.2) is 0 Å². The highest BCUT2D eigenvalue weighted by atomic mass is 127. The number of aromatic nitrogens is 1. The maximum atomic E-state index is 11.6. The molecule has 2 aromatic rings. The zero-order chi connectivity index (χ0) is 10.8. The Morgan fingerprint density at radius 1 is 1.53 bits per heavy atom. The van der Waals surface area contributed by atoms with Gasteiger partial charge in [-0.1, -0.05) is 12.1 Å². The minimum atomic E-state index is -0.277. The number of fused-ring (bicyclic) bond motifs is 1. The van der Waals surface area contributed by atoms with Gasteiger partial charge in [-0.3, -0.25) is 0 Å². The Balaban J connectivity index is 2.56. The van der Waals surface area contributed by atoms with E-state index in [4.69, 9.17) is 4.74 Å². The average molecular weight is 315 g/mol. The summed E-state index contributed by atoms with van der Waals surface area (Å²) in [5, 5.41) is 1.06. The molecule has 0 bridgehead atoms. The summed E-state index contributed by atoms with van der Waals surface area (Å²) in [6, 6.07) is 5.62. The average Bonchev–Trinajstić information content (AvgIpc) is 2.61. The maximum Gasteiger partial charge on any atom is 0.340 e. The topological polar surface area (TPSA) is 42.1 Å². The van der Waals surface area contributed by atoms with Crippen LogP contribution in [0.25, 0.3) is 10.9 Å². The van der Waals surface area contributed by atoms with E-state index in [1.807, 2.05) is 18.3 Å². The van der Waals surface area contributed by atoms with Crippen LogP contribution in [-0.4, -0.2) is 17.6 Å². The molecule has 0 amide bonds. The number of carbonyl (C=O) groups excluding carboxylic acids is 1. The fourth-order valence-electron chi connectivity index (χ4n) is 1.50. The van der Waals surface area contributed by atoms with Crippen LogP contribution < -0.4 is 0 Å². The van der Waals surface area contributed by atoms with Crippen molar-refractivity contribution in [3.05, 3.63) is 33.5 Å². The lowest BCUT2D eigenvalue weighted by atomic mass is 10.1. The summed E-state index contributed by atoms with van der Waals surface area (Å²) < 4.78 is 6.09. The monoisotopic (exact) mass is 315 g/mol. The third kappa shape index (κ3) is 1.86. The van der Waals surface area contributed by atoms with Gasteiger partial charge < -0.3 is 9.72 Å². The van der Waals surface area contributed by atoms with E-state index in [1.165, 1.54) is 0 Å². The first-order chi connectivity index (χ1) is 7.24. The smallest absolute Gasteiger partial charge is 0.340 e. The number of aromatic amines is 1. The number of rotatable bonds is 2. The fourth-order valence-corrected chi connectivity index (χ4v) is 2.10. The molecule has 15 heavy (non-hydrogen) atoms. The molecule has 0 aliphatic carbocycles. The number of halogens is 1. The van der Waals surface area contributed by atoms with Gasteiger partial charge in [0.05, 0.1) is 17.7 Å². The van der Waals surface area contributed by atoms with Crippen molar-refractivity contribution in [2.75, 3.05) is 6.61 Å². The maximum absolute atomic E-state index is 11.6. The number of hydrogen-bond donors (Lipinski definition) is 1. The van der Waals surface area contributed by atoms with Crippen molar-refractivity contribution in [2.24, 2.45) is 0 Å². The number of ether oxygens (including phenoxy) is 1. The van der Waals surface area contributed by atoms with E-state index in [0.29, 0.717) is 12.2 Å². The number of nitrogens with one attached hydrogen (secondary N) is 1. The van der Waals surface area contributed by atoms with Crippen LogP contribution >= 0.6 is 22.6 Å². The van der Waals surface area contributed by atoms with Crippen LogP contribution in [-0.2, 0) is 4.74 Å². The summed E-state index contributed by atoms with van der Waals surface area (Å²) in [4.78, 5) is 14.7. The van der Waals surface area contributed by atoms with Crippen molar-refractivity contribution in [1.82, 2.24) is 4.98 Å². The minimum absolute atomic E-state index is 0.277. The van der Waals surface area contributed by atoms with E-state index in [0.717, 1.165) is 14.5 Å². The normalized spacial score (nSPS) is 10.5. The van der Waals surface area contributed by atoms with Crippen LogP contribution in [0.5, 0.6) is 0 Å². The Morgan fingerprint density at radius 3 is 3.07 bits per heavy atom. The fraction of sp³-hybridized carbons (Fsp3) is 0.182. The first kappa shape index (κ1) is 10.5. The SMILES string of the molecule is CCOC(=O)c1cccc2c(I)c[nH]c12. The number of para-hydroxylation sites is 1. The zero-order valence-corrected chi connectivity index (χ0v) is 10.4. The van der Waals surface area contributed by atoms with Crippen LogP contribution in [0.2, 0.25) is 0 Å². The molecular weight excluding hydrogens is 305 g/mol. The lowest BCUT2D eigenvalue weighted by Crippen LogP contribution is -2.05. The van der Waals surface area contributed by atoms with E-state index < -0.39 is 0 Å². The molecule has 4 heteroatoms. The van der Waals surface area contributed by atoms with Gasteiger partial charge in [-0.15, -0.1) is 0 Å². The van der Waals surface area contributed by atoms with E-state index in [2.05, 4.69) is 27.6 Å². The molecule has 1 aromatic carbocycles. The molecule has 0 aliphatic rings. The third-order valence-corrected chi connectivity index (χ3v) is 3.05. The predicted octanol–water partition coefficient (Wildman–Crippen LogP) is 2.95. The highest BCUT2D eigenvalue weighted by Crippen LogP contribution is 2.23. The molecule has 0 atom stereocenters. The summed E-state index contributed by atoms with van der Waals surface area (Å²) in [5.41, 5.74) is 1.44. The Morgan fingerprint density at radius 2 is 2.33 bits per heavy atom. The van der Waals surface area contributed by atoms with E-state index in [1.54, 1.807) is 13.0 Å². The lowest BCUT2D eigenvalue weighted by molar-refractivity contribution is 0.0528. The highest BCUT2D eigenvalue weighted by Gasteiger charge is 2.12. The largest absolute Gasteiger partial charge is 0.462 e. The number of hydrogen-bond acceptors (Lipinski definition) is 2. The van der Waals surface area contributed by atoms with Crippen LogP contribution in [0.15, 0.2) is 24.4 Å². The Kier molecular flexibility index (Phi) is 2.95. The number of benzene rings is 1. The summed E-state index contributed by atoms with van der Waals surface area (Å²) in [7, 11) is 0. The van der Waals surface area contributed by atoms with Crippen LogP contribution in [0.3, 0.4) is 0 Å². The van der Waals surface area contributed by atoms with Gasteiger partial charge in [0.2, 0.25) is 0 Å². The van der Waals surface area contributed by atoms with Crippen molar-refractivity contribution in [2.45, 2.75) is 6.92 Å². The molecule has 0 spiro atoms. The van der Waals surface area contributed by atoms with Gasteiger partial charge in [-0.25, -0.2) is 4.79 Å². The van der Waals surface area contributed by atoms with Gasteiger partial charge in [-0.05, 0) is 35.6 Å². The Labute approximate surface area is 101 Å². The first-order valence-corrected chi connectivity index (χ1v) is 5.74. The summed E-state index contributed by atoms with van der Waals surface area (Å²) in [5.74, 6) is -0.277. The number of esters is 1. The van der Waals surface area contributed by atoms with Gasteiger partial charge in [-0.2, -0.15) is 0 Å². The van der Waals surface area contributed by atoms with Crippen molar-refractivity contribution in [3.63, 3.8) is 0 Å². The van der Waals surface area contributed by atoms with Crippen molar-refractivity contribution < 1.29 is 9.53 Å². The van der Waals surface area contributed by atoms with Gasteiger partial charge >= 0.3 is 5.97 Å². The molecule has 0 radical (unpaired) electrons. The van der Waals surface area contributed by atoms with Crippen molar-refractivity contribution in [1.29, 1.82) is 0 Å². The van der Waals surface area contributed by atoms with Gasteiger partial charge in [0.1, 0.15) is 0 Å². The summed E-state index contributed by atoms with van der Waals surface area (Å²) in [6.45, 7) is 2.20. The molecule has 0 saturated carbocycles. The lowest BCUT2D eigenvalue weighted by Gasteiger charge is -2.02. The molecule has 0 fully saturated rings. The quantitative estimate of drug-likeness (QED) is 0.684.